The molecule has 1 unspecified atom stereocenters. The number of nitro groups is 1. The van der Waals surface area contributed by atoms with Crippen LogP contribution in [0.1, 0.15) is 40.2 Å². The summed E-state index contributed by atoms with van der Waals surface area (Å²) in [6.45, 7) is 6.50. The van der Waals surface area contributed by atoms with Crippen LogP contribution in [0.25, 0.3) is 6.08 Å². The molecule has 0 aliphatic carbocycles. The van der Waals surface area contributed by atoms with E-state index < -0.39 is 4.92 Å². The number of non-ortho nitro benzene ring substituents is 1. The van der Waals surface area contributed by atoms with Gasteiger partial charge in [-0.15, -0.1) is 11.3 Å². The van der Waals surface area contributed by atoms with Gasteiger partial charge in [0.1, 0.15) is 17.7 Å². The van der Waals surface area contributed by atoms with E-state index in [2.05, 4.69) is 24.5 Å². The van der Waals surface area contributed by atoms with Crippen molar-refractivity contribution in [2.24, 2.45) is 0 Å². The highest BCUT2D eigenvalue weighted by Crippen LogP contribution is 2.36. The smallest absolute Gasteiger partial charge is 0.269 e. The molecule has 146 valence electrons. The number of thiophene rings is 1. The lowest BCUT2D eigenvalue weighted by atomic mass is 10.0. The van der Waals surface area contributed by atoms with Crippen molar-refractivity contribution in [2.75, 3.05) is 11.9 Å². The Morgan fingerprint density at radius 1 is 1.29 bits per heavy atom. The third-order valence-corrected chi connectivity index (χ3v) is 6.54. The summed E-state index contributed by atoms with van der Waals surface area (Å²) >= 11 is 1.69. The Balaban J connectivity index is 1.51. The third-order valence-electron chi connectivity index (χ3n) is 5.38. The van der Waals surface area contributed by atoms with Crippen molar-refractivity contribution in [3.05, 3.63) is 62.0 Å². The zero-order chi connectivity index (χ0) is 19.8. The number of nitro benzene ring substituents is 1. The van der Waals surface area contributed by atoms with Crippen LogP contribution >= 0.6 is 11.3 Å². The topological polar surface area (TPSA) is 88.7 Å². The second-order valence-electron chi connectivity index (χ2n) is 7.50. The zero-order valence-electron chi connectivity index (χ0n) is 15.8. The van der Waals surface area contributed by atoms with Gasteiger partial charge in [-0.05, 0) is 43.2 Å². The molecule has 0 fully saturated rings. The molecule has 1 aromatic carbocycles. The van der Waals surface area contributed by atoms with Crippen molar-refractivity contribution in [2.45, 2.75) is 39.0 Å². The first-order valence-corrected chi connectivity index (χ1v) is 10.2. The minimum absolute atomic E-state index is 0.0300. The number of hydrogen-bond donors (Lipinski definition) is 3. The Morgan fingerprint density at radius 3 is 2.71 bits per heavy atom. The van der Waals surface area contributed by atoms with Gasteiger partial charge in [-0.1, -0.05) is 6.08 Å². The minimum Gasteiger partial charge on any atom is -0.353 e. The molecule has 0 spiro atoms. The SMILES string of the molecule is CC(C)[NH+]1CCc2c(sc3c2C(=O)N[C@H](/C=C\c2ccc([N+](=O)[O-])cc2)N3)C1. The molecular weight excluding hydrogens is 376 g/mol. The number of anilines is 1. The average molecular weight is 399 g/mol. The monoisotopic (exact) mass is 399 g/mol. The Labute approximate surface area is 167 Å². The number of quaternary nitrogens is 1. The molecule has 3 N–H and O–H groups in total. The number of amides is 1. The molecule has 2 aliphatic rings. The molecule has 0 saturated heterocycles. The van der Waals surface area contributed by atoms with Crippen LogP contribution in [0.5, 0.6) is 0 Å². The van der Waals surface area contributed by atoms with Crippen molar-refractivity contribution in [1.82, 2.24) is 5.32 Å². The lowest BCUT2D eigenvalue weighted by Crippen LogP contribution is -3.14. The van der Waals surface area contributed by atoms with Crippen LogP contribution in [0, 0.1) is 10.1 Å². The molecule has 7 nitrogen and oxygen atoms in total. The number of rotatable bonds is 4. The lowest BCUT2D eigenvalue weighted by molar-refractivity contribution is -0.936. The maximum absolute atomic E-state index is 12.7. The maximum atomic E-state index is 12.7. The van der Waals surface area contributed by atoms with E-state index in [0.29, 0.717) is 6.04 Å². The number of carbonyl (C=O) groups excluding carboxylic acids is 1. The first-order valence-electron chi connectivity index (χ1n) is 9.41. The zero-order valence-corrected chi connectivity index (χ0v) is 16.6. The van der Waals surface area contributed by atoms with Crippen LogP contribution in [-0.2, 0) is 13.0 Å². The summed E-state index contributed by atoms with van der Waals surface area (Å²) < 4.78 is 0. The summed E-state index contributed by atoms with van der Waals surface area (Å²) in [5, 5.41) is 18.1. The van der Waals surface area contributed by atoms with Crippen molar-refractivity contribution >= 4 is 34.0 Å². The first kappa shape index (κ1) is 18.6. The second-order valence-corrected chi connectivity index (χ2v) is 8.61. The minimum atomic E-state index is -0.418. The number of hydrogen-bond acceptors (Lipinski definition) is 5. The van der Waals surface area contributed by atoms with E-state index >= 15 is 0 Å². The molecule has 1 aromatic heterocycles. The number of nitrogens with one attached hydrogen (secondary N) is 3. The summed E-state index contributed by atoms with van der Waals surface area (Å²) in [5.74, 6) is -0.0300. The van der Waals surface area contributed by atoms with Crippen molar-refractivity contribution in [1.29, 1.82) is 0 Å². The molecule has 2 aromatic rings. The van der Waals surface area contributed by atoms with Gasteiger partial charge in [0.05, 0.1) is 28.0 Å². The van der Waals surface area contributed by atoms with Gasteiger partial charge in [-0.3, -0.25) is 14.9 Å². The van der Waals surface area contributed by atoms with Crippen LogP contribution in [-0.4, -0.2) is 29.6 Å². The molecule has 1 amide bonds. The van der Waals surface area contributed by atoms with Crippen molar-refractivity contribution < 1.29 is 14.6 Å². The van der Waals surface area contributed by atoms with E-state index in [1.54, 1.807) is 28.4 Å². The Morgan fingerprint density at radius 2 is 2.04 bits per heavy atom. The van der Waals surface area contributed by atoms with E-state index in [1.807, 2.05) is 12.2 Å². The van der Waals surface area contributed by atoms with E-state index in [9.17, 15) is 14.9 Å². The lowest BCUT2D eigenvalue weighted by Gasteiger charge is -2.28. The van der Waals surface area contributed by atoms with E-state index in [4.69, 9.17) is 0 Å². The standard InChI is InChI=1S/C20H22N4O3S/c1-12(2)23-10-9-15-16(11-23)28-20-18(15)19(25)21-17(22-20)8-5-13-3-6-14(7-4-13)24(26)27/h3-8,12,17,22H,9-11H2,1-2H3,(H,21,25)/p+1/b8-5-/t17-/m0/s1. The predicted octanol–water partition coefficient (Wildman–Crippen LogP) is 2.20. The van der Waals surface area contributed by atoms with Gasteiger partial charge in [0.25, 0.3) is 11.6 Å². The average Bonchev–Trinajstić information content (AvgIpc) is 3.04. The Kier molecular flexibility index (Phi) is 4.91. The van der Waals surface area contributed by atoms with Crippen LogP contribution in [0.2, 0.25) is 0 Å². The molecule has 8 heteroatoms. The summed E-state index contributed by atoms with van der Waals surface area (Å²) in [7, 11) is 0. The fourth-order valence-electron chi connectivity index (χ4n) is 3.74. The summed E-state index contributed by atoms with van der Waals surface area (Å²) in [6.07, 6.45) is 4.36. The highest BCUT2D eigenvalue weighted by molar-refractivity contribution is 7.16. The third kappa shape index (κ3) is 3.53. The highest BCUT2D eigenvalue weighted by atomic mass is 32.1. The summed E-state index contributed by atoms with van der Waals surface area (Å²) in [6, 6.07) is 6.91. The molecular formula is C20H23N4O3S+. The molecule has 0 saturated carbocycles. The molecule has 2 aliphatic heterocycles. The predicted molar refractivity (Wildman–Crippen MR) is 110 cm³/mol. The number of nitrogens with zero attached hydrogens (tertiary/aromatic N) is 1. The quantitative estimate of drug-likeness (QED) is 0.543. The van der Waals surface area contributed by atoms with Crippen LogP contribution in [0.15, 0.2) is 30.3 Å². The van der Waals surface area contributed by atoms with Crippen LogP contribution in [0.4, 0.5) is 10.7 Å². The van der Waals surface area contributed by atoms with Gasteiger partial charge < -0.3 is 15.5 Å². The highest BCUT2D eigenvalue weighted by Gasteiger charge is 2.34. The van der Waals surface area contributed by atoms with Crippen LogP contribution < -0.4 is 15.5 Å². The van der Waals surface area contributed by atoms with Gasteiger partial charge in [0.2, 0.25) is 0 Å². The van der Waals surface area contributed by atoms with Crippen LogP contribution in [0.3, 0.4) is 0 Å². The molecule has 3 heterocycles. The second kappa shape index (κ2) is 7.37. The van der Waals surface area contributed by atoms with Crippen molar-refractivity contribution in [3.63, 3.8) is 0 Å². The van der Waals surface area contributed by atoms with E-state index in [0.717, 1.165) is 35.6 Å². The molecule has 2 atom stereocenters. The summed E-state index contributed by atoms with van der Waals surface area (Å²) in [5.41, 5.74) is 2.91. The number of carbonyl (C=O) groups is 1. The van der Waals surface area contributed by atoms with Gasteiger partial charge in [-0.25, -0.2) is 0 Å². The largest absolute Gasteiger partial charge is 0.353 e. The van der Waals surface area contributed by atoms with Gasteiger partial charge >= 0.3 is 0 Å². The number of benzene rings is 1. The van der Waals surface area contributed by atoms with E-state index in [1.165, 1.54) is 22.6 Å². The van der Waals surface area contributed by atoms with E-state index in [-0.39, 0.29) is 17.8 Å². The number of fused-ring (bicyclic) bond motifs is 3. The summed E-state index contributed by atoms with van der Waals surface area (Å²) in [4.78, 5) is 25.9. The molecule has 0 bridgehead atoms. The Hall–Kier alpha value is -2.71. The Bertz CT molecular complexity index is 949. The molecule has 0 radical (unpaired) electrons. The van der Waals surface area contributed by atoms with Gasteiger partial charge in [-0.2, -0.15) is 0 Å². The molecule has 4 rings (SSSR count). The fourth-order valence-corrected chi connectivity index (χ4v) is 5.07. The van der Waals surface area contributed by atoms with Gasteiger partial charge in [0, 0.05) is 18.6 Å². The fraction of sp³-hybridized carbons (Fsp3) is 0.350. The maximum Gasteiger partial charge on any atom is 0.269 e. The normalized spacial score (nSPS) is 21.2. The first-order chi connectivity index (χ1) is 13.4. The molecule has 28 heavy (non-hydrogen) atoms. The van der Waals surface area contributed by atoms with Crippen molar-refractivity contribution in [3.8, 4) is 0 Å². The van der Waals surface area contributed by atoms with Gasteiger partial charge in [0.15, 0.2) is 0 Å².